The first-order valence-corrected chi connectivity index (χ1v) is 9.12. The van der Waals surface area contributed by atoms with E-state index in [0.29, 0.717) is 11.3 Å². The van der Waals surface area contributed by atoms with Crippen LogP contribution in [-0.4, -0.2) is 23.6 Å². The Bertz CT molecular complexity index is 974. The maximum atomic E-state index is 12.6. The summed E-state index contributed by atoms with van der Waals surface area (Å²) in [4.78, 5) is 25.3. The molecule has 6 nitrogen and oxygen atoms in total. The van der Waals surface area contributed by atoms with Crippen molar-refractivity contribution in [2.75, 3.05) is 11.9 Å². The normalized spacial score (nSPS) is 11.3. The molecule has 0 atom stereocenters. The Morgan fingerprint density at radius 1 is 1.22 bits per heavy atom. The van der Waals surface area contributed by atoms with Gasteiger partial charge in [-0.15, -0.1) is 11.3 Å². The lowest BCUT2D eigenvalue weighted by Crippen LogP contribution is -2.21. The van der Waals surface area contributed by atoms with Gasteiger partial charge < -0.3 is 14.6 Å². The molecule has 0 radical (unpaired) electrons. The number of nitrogens with zero attached hydrogens (tertiary/aromatic N) is 1. The molecule has 27 heavy (non-hydrogen) atoms. The van der Waals surface area contributed by atoms with Gasteiger partial charge in [0.25, 0.3) is 5.91 Å². The monoisotopic (exact) mass is 382 g/mol. The third-order valence-corrected chi connectivity index (χ3v) is 4.49. The number of hydrogen-bond acceptors (Lipinski definition) is 6. The van der Waals surface area contributed by atoms with Gasteiger partial charge in [-0.2, -0.15) is 0 Å². The van der Waals surface area contributed by atoms with Crippen LogP contribution in [0, 0.1) is 13.8 Å². The van der Waals surface area contributed by atoms with Crippen LogP contribution in [0.25, 0.3) is 11.6 Å². The quantitative estimate of drug-likeness (QED) is 0.513. The van der Waals surface area contributed by atoms with Crippen molar-refractivity contribution in [1.29, 1.82) is 0 Å². The molecule has 2 aromatic heterocycles. The Balaban J connectivity index is 1.71. The number of aryl methyl sites for hydroxylation is 2. The number of amides is 1. The van der Waals surface area contributed by atoms with Crippen molar-refractivity contribution in [3.8, 4) is 0 Å². The summed E-state index contributed by atoms with van der Waals surface area (Å²) >= 11 is 1.43. The summed E-state index contributed by atoms with van der Waals surface area (Å²) in [6, 6.07) is 13.1. The second-order valence-electron chi connectivity index (χ2n) is 5.90. The smallest absolute Gasteiger partial charge is 0.340 e. The van der Waals surface area contributed by atoms with Gasteiger partial charge in [0.15, 0.2) is 12.4 Å². The van der Waals surface area contributed by atoms with Crippen molar-refractivity contribution in [3.05, 3.63) is 69.6 Å². The first-order valence-electron chi connectivity index (χ1n) is 8.24. The van der Waals surface area contributed by atoms with Gasteiger partial charge in [-0.05, 0) is 36.9 Å². The first kappa shape index (κ1) is 18.6. The molecule has 3 rings (SSSR count). The number of carbonyl (C=O) groups excluding carboxylic acids is 2. The highest BCUT2D eigenvalue weighted by Crippen LogP contribution is 2.24. The van der Waals surface area contributed by atoms with E-state index in [0.717, 1.165) is 16.0 Å². The van der Waals surface area contributed by atoms with E-state index in [1.165, 1.54) is 11.3 Å². The van der Waals surface area contributed by atoms with E-state index in [2.05, 4.69) is 10.5 Å². The van der Waals surface area contributed by atoms with Crippen molar-refractivity contribution < 1.29 is 18.8 Å². The molecule has 0 bridgehead atoms. The van der Waals surface area contributed by atoms with E-state index in [1.54, 1.807) is 19.1 Å². The lowest BCUT2D eigenvalue weighted by molar-refractivity contribution is -0.141. The summed E-state index contributed by atoms with van der Waals surface area (Å²) in [5, 5.41) is 8.06. The molecule has 7 heteroatoms. The number of ether oxygens (including phenoxy) is 1. The zero-order chi connectivity index (χ0) is 19.2. The Morgan fingerprint density at radius 3 is 2.74 bits per heavy atom. The summed E-state index contributed by atoms with van der Waals surface area (Å²) in [6.07, 6.45) is 1.76. The van der Waals surface area contributed by atoms with Gasteiger partial charge in [0.2, 0.25) is 0 Å². The largest absolute Gasteiger partial charge is 0.452 e. The van der Waals surface area contributed by atoms with E-state index >= 15 is 0 Å². The summed E-state index contributed by atoms with van der Waals surface area (Å²) < 4.78 is 10.1. The lowest BCUT2D eigenvalue weighted by Gasteiger charge is -2.07. The van der Waals surface area contributed by atoms with Gasteiger partial charge in [0.1, 0.15) is 5.76 Å². The summed E-state index contributed by atoms with van der Waals surface area (Å²) in [5.41, 5.74) is 2.38. The van der Waals surface area contributed by atoms with Crippen molar-refractivity contribution in [2.45, 2.75) is 13.8 Å². The van der Waals surface area contributed by atoms with E-state index in [1.807, 2.05) is 48.7 Å². The topological polar surface area (TPSA) is 81.4 Å². The standard InChI is InChI=1S/C20H18N2O4S/c1-13-5-3-6-15(9-13)11-16(17-7-4-8-27-17)20(24)25-12-19(23)21-18-10-14(2)26-22-18/h3-11H,12H2,1-2H3,(H,21,22,23)/b16-11+. The second kappa shape index (κ2) is 8.46. The summed E-state index contributed by atoms with van der Waals surface area (Å²) in [5.74, 6) is -0.200. The number of thiophene rings is 1. The van der Waals surface area contributed by atoms with Gasteiger partial charge >= 0.3 is 5.97 Å². The minimum atomic E-state index is -0.564. The van der Waals surface area contributed by atoms with E-state index in [9.17, 15) is 9.59 Å². The van der Waals surface area contributed by atoms with Crippen LogP contribution < -0.4 is 5.32 Å². The van der Waals surface area contributed by atoms with E-state index < -0.39 is 18.5 Å². The third kappa shape index (κ3) is 5.15. The van der Waals surface area contributed by atoms with Crippen molar-refractivity contribution in [2.24, 2.45) is 0 Å². The molecule has 1 N–H and O–H groups in total. The predicted molar refractivity (Wildman–Crippen MR) is 104 cm³/mol. The minimum Gasteiger partial charge on any atom is -0.452 e. The second-order valence-corrected chi connectivity index (χ2v) is 6.84. The molecule has 0 saturated heterocycles. The number of rotatable bonds is 6. The minimum absolute atomic E-state index is 0.280. The van der Waals surface area contributed by atoms with Crippen LogP contribution in [0.4, 0.5) is 5.82 Å². The highest BCUT2D eigenvalue weighted by Gasteiger charge is 2.17. The number of anilines is 1. The first-order chi connectivity index (χ1) is 13.0. The Hall–Kier alpha value is -3.19. The fourth-order valence-corrected chi connectivity index (χ4v) is 3.13. The SMILES string of the molecule is Cc1cccc(/C=C(/C(=O)OCC(=O)Nc2cc(C)on2)c2cccs2)c1. The van der Waals surface area contributed by atoms with Crippen LogP contribution in [0.3, 0.4) is 0 Å². The molecule has 0 fully saturated rings. The molecule has 1 aromatic carbocycles. The number of carbonyl (C=O) groups is 2. The van der Waals surface area contributed by atoms with Gasteiger partial charge in [0.05, 0.1) is 5.57 Å². The number of nitrogens with one attached hydrogen (secondary N) is 1. The van der Waals surface area contributed by atoms with Crippen LogP contribution in [0.15, 0.2) is 52.4 Å². The maximum absolute atomic E-state index is 12.6. The Kier molecular flexibility index (Phi) is 5.83. The average molecular weight is 382 g/mol. The molecule has 0 aliphatic heterocycles. The Labute approximate surface area is 160 Å². The number of hydrogen-bond donors (Lipinski definition) is 1. The maximum Gasteiger partial charge on any atom is 0.340 e. The van der Waals surface area contributed by atoms with Crippen LogP contribution >= 0.6 is 11.3 Å². The van der Waals surface area contributed by atoms with E-state index in [-0.39, 0.29) is 5.82 Å². The van der Waals surface area contributed by atoms with Crippen molar-refractivity contribution >= 4 is 40.7 Å². The fourth-order valence-electron chi connectivity index (χ4n) is 2.40. The number of esters is 1. The zero-order valence-electron chi connectivity index (χ0n) is 14.9. The summed E-state index contributed by atoms with van der Waals surface area (Å²) in [7, 11) is 0. The molecule has 2 heterocycles. The zero-order valence-corrected chi connectivity index (χ0v) is 15.7. The van der Waals surface area contributed by atoms with E-state index in [4.69, 9.17) is 9.26 Å². The molecular weight excluding hydrogens is 364 g/mol. The van der Waals surface area contributed by atoms with Gasteiger partial charge in [0, 0.05) is 10.9 Å². The van der Waals surface area contributed by atoms with Crippen LogP contribution in [0.1, 0.15) is 21.8 Å². The molecule has 3 aromatic rings. The predicted octanol–water partition coefficient (Wildman–Crippen LogP) is 4.08. The van der Waals surface area contributed by atoms with Crippen molar-refractivity contribution in [3.63, 3.8) is 0 Å². The van der Waals surface area contributed by atoms with Crippen LogP contribution in [0.2, 0.25) is 0 Å². The highest BCUT2D eigenvalue weighted by molar-refractivity contribution is 7.11. The Morgan fingerprint density at radius 2 is 2.07 bits per heavy atom. The molecule has 0 aliphatic carbocycles. The number of benzene rings is 1. The lowest BCUT2D eigenvalue weighted by atomic mass is 10.1. The highest BCUT2D eigenvalue weighted by atomic mass is 32.1. The van der Waals surface area contributed by atoms with Crippen LogP contribution in [-0.2, 0) is 14.3 Å². The molecular formula is C20H18N2O4S. The molecule has 0 unspecified atom stereocenters. The molecule has 138 valence electrons. The molecule has 0 saturated carbocycles. The van der Waals surface area contributed by atoms with Gasteiger partial charge in [-0.1, -0.05) is 41.1 Å². The van der Waals surface area contributed by atoms with Gasteiger partial charge in [-0.3, -0.25) is 4.79 Å². The van der Waals surface area contributed by atoms with Crippen molar-refractivity contribution in [1.82, 2.24) is 5.16 Å². The van der Waals surface area contributed by atoms with Gasteiger partial charge in [-0.25, -0.2) is 4.79 Å². The summed E-state index contributed by atoms with van der Waals surface area (Å²) in [6.45, 7) is 3.28. The molecule has 0 aliphatic rings. The average Bonchev–Trinajstić information content (AvgIpc) is 3.29. The third-order valence-electron chi connectivity index (χ3n) is 3.59. The fraction of sp³-hybridized carbons (Fsp3) is 0.150. The number of aromatic nitrogens is 1. The molecule has 1 amide bonds. The van der Waals surface area contributed by atoms with Crippen LogP contribution in [0.5, 0.6) is 0 Å². The molecule has 0 spiro atoms.